The van der Waals surface area contributed by atoms with Crippen molar-refractivity contribution in [1.82, 2.24) is 4.90 Å². The number of rotatable bonds is 3. The van der Waals surface area contributed by atoms with Crippen molar-refractivity contribution in [3.63, 3.8) is 0 Å². The van der Waals surface area contributed by atoms with Crippen LogP contribution in [0.3, 0.4) is 0 Å². The minimum absolute atomic E-state index is 0.258. The molecule has 0 fully saturated rings. The Labute approximate surface area is 102 Å². The summed E-state index contributed by atoms with van der Waals surface area (Å²) in [6.07, 6.45) is 6.39. The first-order valence-electron chi connectivity index (χ1n) is 5.73. The minimum atomic E-state index is 0.258. The van der Waals surface area contributed by atoms with Crippen LogP contribution in [0, 0.1) is 11.3 Å². The summed E-state index contributed by atoms with van der Waals surface area (Å²) >= 11 is 0. The van der Waals surface area contributed by atoms with Crippen LogP contribution in [0.15, 0.2) is 48.1 Å². The van der Waals surface area contributed by atoms with Gasteiger partial charge < -0.3 is 4.90 Å². The van der Waals surface area contributed by atoms with Crippen LogP contribution in [0.4, 0.5) is 0 Å². The van der Waals surface area contributed by atoms with E-state index in [9.17, 15) is 0 Å². The number of hydrogen-bond acceptors (Lipinski definition) is 2. The van der Waals surface area contributed by atoms with Crippen LogP contribution in [-0.2, 0) is 0 Å². The van der Waals surface area contributed by atoms with Gasteiger partial charge in [0, 0.05) is 12.5 Å². The van der Waals surface area contributed by atoms with E-state index in [2.05, 4.69) is 43.3 Å². The smallest absolute Gasteiger partial charge is 0.0994 e. The number of nitriles is 1. The highest BCUT2D eigenvalue weighted by Crippen LogP contribution is 2.32. The highest BCUT2D eigenvalue weighted by atomic mass is 15.0. The average Bonchev–Trinajstić information content (AvgIpc) is 2.76. The van der Waals surface area contributed by atoms with Gasteiger partial charge in [-0.15, -0.1) is 0 Å². The van der Waals surface area contributed by atoms with Crippen molar-refractivity contribution in [1.29, 1.82) is 5.26 Å². The molecule has 2 rings (SSSR count). The van der Waals surface area contributed by atoms with Gasteiger partial charge in [-0.2, -0.15) is 5.26 Å². The fourth-order valence-electron chi connectivity index (χ4n) is 2.21. The van der Waals surface area contributed by atoms with E-state index in [1.54, 1.807) is 0 Å². The Kier molecular flexibility index (Phi) is 3.41. The van der Waals surface area contributed by atoms with E-state index in [-0.39, 0.29) is 5.92 Å². The van der Waals surface area contributed by atoms with E-state index < -0.39 is 0 Å². The minimum Gasteiger partial charge on any atom is -0.305 e. The first-order chi connectivity index (χ1) is 8.22. The zero-order valence-electron chi connectivity index (χ0n) is 10.2. The highest BCUT2D eigenvalue weighted by Gasteiger charge is 2.19. The van der Waals surface area contributed by atoms with Crippen molar-refractivity contribution < 1.29 is 0 Å². The molecular formula is C15H16N2. The standard InChI is InChI=1S/C15H16N2/c1-17(2)11-13-7-5-9-15(13)14-8-4-3-6-12(14)10-16/h3-9,15H,11H2,1-2H3. The molecule has 0 N–H and O–H groups in total. The lowest BCUT2D eigenvalue weighted by Crippen LogP contribution is -2.17. The summed E-state index contributed by atoms with van der Waals surface area (Å²) in [6.45, 7) is 0.928. The summed E-state index contributed by atoms with van der Waals surface area (Å²) in [7, 11) is 4.12. The third-order valence-corrected chi connectivity index (χ3v) is 2.93. The average molecular weight is 224 g/mol. The van der Waals surface area contributed by atoms with Crippen molar-refractivity contribution in [2.24, 2.45) is 0 Å². The molecule has 1 atom stereocenters. The molecule has 0 amide bonds. The third-order valence-electron chi connectivity index (χ3n) is 2.93. The van der Waals surface area contributed by atoms with Gasteiger partial charge in [0.15, 0.2) is 0 Å². The van der Waals surface area contributed by atoms with Crippen molar-refractivity contribution in [2.45, 2.75) is 5.92 Å². The summed E-state index contributed by atoms with van der Waals surface area (Å²) in [4.78, 5) is 2.15. The number of likely N-dealkylation sites (N-methyl/N-ethyl adjacent to an activating group) is 1. The fourth-order valence-corrected chi connectivity index (χ4v) is 2.21. The monoisotopic (exact) mass is 224 g/mol. The maximum Gasteiger partial charge on any atom is 0.0994 e. The third kappa shape index (κ3) is 2.46. The fraction of sp³-hybridized carbons (Fsp3) is 0.267. The molecule has 2 nitrogen and oxygen atoms in total. The lowest BCUT2D eigenvalue weighted by Gasteiger charge is -2.19. The number of allylic oxidation sites excluding steroid dienone is 3. The lowest BCUT2D eigenvalue weighted by molar-refractivity contribution is 0.439. The molecule has 1 aromatic carbocycles. The first kappa shape index (κ1) is 11.6. The summed E-state index contributed by atoms with van der Waals surface area (Å²) in [5.74, 6) is 0.258. The van der Waals surface area contributed by atoms with Crippen molar-refractivity contribution in [2.75, 3.05) is 20.6 Å². The maximum atomic E-state index is 9.14. The normalized spacial score (nSPS) is 18.2. The molecule has 0 bridgehead atoms. The van der Waals surface area contributed by atoms with Crippen LogP contribution in [0.25, 0.3) is 0 Å². The Bertz CT molecular complexity index is 504. The zero-order chi connectivity index (χ0) is 12.3. The molecule has 0 radical (unpaired) electrons. The summed E-state index contributed by atoms with van der Waals surface area (Å²) in [5.41, 5.74) is 3.23. The molecule has 86 valence electrons. The molecule has 0 aromatic heterocycles. The van der Waals surface area contributed by atoms with Crippen molar-refractivity contribution >= 4 is 0 Å². The Morgan fingerprint density at radius 3 is 2.76 bits per heavy atom. The summed E-state index contributed by atoms with van der Waals surface area (Å²) in [6, 6.07) is 10.1. The Morgan fingerprint density at radius 1 is 1.29 bits per heavy atom. The number of benzene rings is 1. The topological polar surface area (TPSA) is 27.0 Å². The molecule has 2 heteroatoms. The van der Waals surface area contributed by atoms with Gasteiger partial charge in [0.2, 0.25) is 0 Å². The quantitative estimate of drug-likeness (QED) is 0.789. The van der Waals surface area contributed by atoms with Crippen LogP contribution in [-0.4, -0.2) is 25.5 Å². The van der Waals surface area contributed by atoms with Gasteiger partial charge in [-0.25, -0.2) is 0 Å². The van der Waals surface area contributed by atoms with Crippen LogP contribution in [0.1, 0.15) is 17.0 Å². The lowest BCUT2D eigenvalue weighted by atomic mass is 9.90. The van der Waals surface area contributed by atoms with E-state index >= 15 is 0 Å². The molecule has 0 aliphatic heterocycles. The number of hydrogen-bond donors (Lipinski definition) is 0. The molecule has 0 heterocycles. The zero-order valence-corrected chi connectivity index (χ0v) is 10.2. The molecule has 1 aliphatic carbocycles. The van der Waals surface area contributed by atoms with Crippen LogP contribution >= 0.6 is 0 Å². The molecule has 0 spiro atoms. The van der Waals surface area contributed by atoms with Crippen molar-refractivity contribution in [3.05, 3.63) is 59.2 Å². The first-order valence-corrected chi connectivity index (χ1v) is 5.73. The van der Waals surface area contributed by atoms with Crippen LogP contribution in [0.2, 0.25) is 0 Å². The van der Waals surface area contributed by atoms with Gasteiger partial charge in [-0.05, 0) is 31.3 Å². The van der Waals surface area contributed by atoms with Gasteiger partial charge in [-0.3, -0.25) is 0 Å². The summed E-state index contributed by atoms with van der Waals surface area (Å²) in [5, 5.41) is 9.14. The summed E-state index contributed by atoms with van der Waals surface area (Å²) < 4.78 is 0. The second-order valence-electron chi connectivity index (χ2n) is 4.54. The largest absolute Gasteiger partial charge is 0.305 e. The van der Waals surface area contributed by atoms with E-state index in [0.717, 1.165) is 17.7 Å². The molecule has 0 saturated carbocycles. The van der Waals surface area contributed by atoms with Gasteiger partial charge in [0.25, 0.3) is 0 Å². The molecule has 17 heavy (non-hydrogen) atoms. The molecular weight excluding hydrogens is 208 g/mol. The van der Waals surface area contributed by atoms with E-state index in [4.69, 9.17) is 5.26 Å². The van der Waals surface area contributed by atoms with Gasteiger partial charge in [0.05, 0.1) is 11.6 Å². The van der Waals surface area contributed by atoms with Gasteiger partial charge >= 0.3 is 0 Å². The number of nitrogens with zero attached hydrogens (tertiary/aromatic N) is 2. The molecule has 0 saturated heterocycles. The second-order valence-corrected chi connectivity index (χ2v) is 4.54. The predicted octanol–water partition coefficient (Wildman–Crippen LogP) is 2.70. The Balaban J connectivity index is 2.31. The van der Waals surface area contributed by atoms with Gasteiger partial charge in [-0.1, -0.05) is 36.4 Å². The van der Waals surface area contributed by atoms with E-state index in [1.165, 1.54) is 5.57 Å². The molecule has 1 aliphatic rings. The Hall–Kier alpha value is -1.85. The Morgan fingerprint density at radius 2 is 2.06 bits per heavy atom. The van der Waals surface area contributed by atoms with E-state index in [1.807, 2.05) is 24.3 Å². The molecule has 1 unspecified atom stereocenters. The van der Waals surface area contributed by atoms with Crippen LogP contribution < -0.4 is 0 Å². The molecule has 1 aromatic rings. The SMILES string of the molecule is CN(C)CC1=CC=CC1c1ccccc1C#N. The van der Waals surface area contributed by atoms with Crippen LogP contribution in [0.5, 0.6) is 0 Å². The van der Waals surface area contributed by atoms with Crippen molar-refractivity contribution in [3.8, 4) is 6.07 Å². The maximum absolute atomic E-state index is 9.14. The second kappa shape index (κ2) is 4.99. The van der Waals surface area contributed by atoms with E-state index in [0.29, 0.717) is 0 Å². The van der Waals surface area contributed by atoms with Gasteiger partial charge in [0.1, 0.15) is 0 Å². The highest BCUT2D eigenvalue weighted by molar-refractivity contribution is 5.49. The predicted molar refractivity (Wildman–Crippen MR) is 69.7 cm³/mol.